The van der Waals surface area contributed by atoms with Crippen LogP contribution in [0.15, 0.2) is 18.2 Å². The lowest BCUT2D eigenvalue weighted by molar-refractivity contribution is 0.0893. The Morgan fingerprint density at radius 1 is 1.53 bits per heavy atom. The number of halogens is 2. The molecule has 1 saturated heterocycles. The summed E-state index contributed by atoms with van der Waals surface area (Å²) in [5.74, 6) is -0.177. The molecule has 1 aromatic rings. The molecule has 1 aliphatic rings. The summed E-state index contributed by atoms with van der Waals surface area (Å²) in [7, 11) is 1.75. The first-order chi connectivity index (χ1) is 8.24. The van der Waals surface area contributed by atoms with Crippen molar-refractivity contribution in [2.45, 2.75) is 24.3 Å². The van der Waals surface area contributed by atoms with Crippen molar-refractivity contribution < 1.29 is 9.13 Å². The molecule has 4 heteroatoms. The molecular formula is C13H17BrFNO. The first kappa shape index (κ1) is 12.8. The van der Waals surface area contributed by atoms with E-state index in [1.54, 1.807) is 13.2 Å². The highest BCUT2D eigenvalue weighted by atomic mass is 79.9. The first-order valence-electron chi connectivity index (χ1n) is 5.86. The predicted molar refractivity (Wildman–Crippen MR) is 71.3 cm³/mol. The number of piperidine rings is 1. The van der Waals surface area contributed by atoms with Crippen LogP contribution >= 0.6 is 15.9 Å². The summed E-state index contributed by atoms with van der Waals surface area (Å²) >= 11 is 3.42. The standard InChI is InChI=1S/C13H17BrFNO/c1-17-12-3-2-6-16(9-12)13-5-4-11(15)7-10(13)8-14/h4-5,7,12H,2-3,6,8-9H2,1H3. The van der Waals surface area contributed by atoms with Crippen LogP contribution in [0.4, 0.5) is 10.1 Å². The number of hydrogen-bond acceptors (Lipinski definition) is 2. The van der Waals surface area contributed by atoms with E-state index >= 15 is 0 Å². The van der Waals surface area contributed by atoms with Crippen molar-refractivity contribution in [3.63, 3.8) is 0 Å². The number of rotatable bonds is 3. The molecule has 1 fully saturated rings. The van der Waals surface area contributed by atoms with E-state index < -0.39 is 0 Å². The summed E-state index contributed by atoms with van der Waals surface area (Å²) in [6.45, 7) is 1.91. The molecule has 0 radical (unpaired) electrons. The topological polar surface area (TPSA) is 12.5 Å². The largest absolute Gasteiger partial charge is 0.380 e. The van der Waals surface area contributed by atoms with E-state index in [9.17, 15) is 4.39 Å². The van der Waals surface area contributed by atoms with Gasteiger partial charge in [-0.3, -0.25) is 0 Å². The van der Waals surface area contributed by atoms with E-state index in [2.05, 4.69) is 20.8 Å². The van der Waals surface area contributed by atoms with Gasteiger partial charge in [-0.15, -0.1) is 0 Å². The zero-order chi connectivity index (χ0) is 12.3. The Kier molecular flexibility index (Phi) is 4.40. The van der Waals surface area contributed by atoms with Crippen LogP contribution in [0.1, 0.15) is 18.4 Å². The van der Waals surface area contributed by atoms with Crippen molar-refractivity contribution in [3.8, 4) is 0 Å². The predicted octanol–water partition coefficient (Wildman–Crippen LogP) is 3.34. The molecule has 1 aliphatic heterocycles. The van der Waals surface area contributed by atoms with Crippen LogP contribution in [0.3, 0.4) is 0 Å². The van der Waals surface area contributed by atoms with Crippen LogP contribution in [-0.4, -0.2) is 26.3 Å². The molecule has 0 aromatic heterocycles. The second-order valence-electron chi connectivity index (χ2n) is 4.35. The second-order valence-corrected chi connectivity index (χ2v) is 4.91. The van der Waals surface area contributed by atoms with Crippen LogP contribution in [0.25, 0.3) is 0 Å². The number of methoxy groups -OCH3 is 1. The average molecular weight is 302 g/mol. The summed E-state index contributed by atoms with van der Waals surface area (Å²) in [6.07, 6.45) is 2.52. The van der Waals surface area contributed by atoms with Crippen molar-refractivity contribution in [2.24, 2.45) is 0 Å². The minimum Gasteiger partial charge on any atom is -0.380 e. The van der Waals surface area contributed by atoms with E-state index in [0.29, 0.717) is 5.33 Å². The Hall–Kier alpha value is -0.610. The molecule has 0 N–H and O–H groups in total. The molecule has 1 atom stereocenters. The van der Waals surface area contributed by atoms with Crippen molar-refractivity contribution in [1.29, 1.82) is 0 Å². The Morgan fingerprint density at radius 3 is 3.06 bits per heavy atom. The van der Waals surface area contributed by atoms with Crippen molar-refractivity contribution in [1.82, 2.24) is 0 Å². The SMILES string of the molecule is COC1CCCN(c2ccc(F)cc2CBr)C1. The van der Waals surface area contributed by atoms with Gasteiger partial charge < -0.3 is 9.64 Å². The maximum atomic E-state index is 13.2. The average Bonchev–Trinajstić information content (AvgIpc) is 2.38. The Labute approximate surface area is 110 Å². The van der Waals surface area contributed by atoms with Gasteiger partial charge in [-0.25, -0.2) is 4.39 Å². The van der Waals surface area contributed by atoms with Gasteiger partial charge >= 0.3 is 0 Å². The maximum absolute atomic E-state index is 13.2. The van der Waals surface area contributed by atoms with Gasteiger partial charge in [-0.05, 0) is 36.6 Å². The Balaban J connectivity index is 2.20. The highest BCUT2D eigenvalue weighted by Crippen LogP contribution is 2.27. The molecule has 2 nitrogen and oxygen atoms in total. The minimum atomic E-state index is -0.177. The molecule has 0 spiro atoms. The van der Waals surface area contributed by atoms with E-state index in [-0.39, 0.29) is 11.9 Å². The molecule has 0 bridgehead atoms. The summed E-state index contributed by atoms with van der Waals surface area (Å²) < 4.78 is 18.6. The minimum absolute atomic E-state index is 0.177. The van der Waals surface area contributed by atoms with Crippen LogP contribution in [0.2, 0.25) is 0 Å². The number of nitrogens with zero attached hydrogens (tertiary/aromatic N) is 1. The van der Waals surface area contributed by atoms with E-state index in [4.69, 9.17) is 4.74 Å². The molecule has 0 amide bonds. The molecular weight excluding hydrogens is 285 g/mol. The third kappa shape index (κ3) is 2.99. The van der Waals surface area contributed by atoms with Crippen LogP contribution in [0.5, 0.6) is 0 Å². The lowest BCUT2D eigenvalue weighted by atomic mass is 10.1. The maximum Gasteiger partial charge on any atom is 0.123 e. The van der Waals surface area contributed by atoms with Crippen LogP contribution in [-0.2, 0) is 10.1 Å². The molecule has 0 saturated carbocycles. The van der Waals surface area contributed by atoms with Crippen LogP contribution < -0.4 is 4.90 Å². The van der Waals surface area contributed by atoms with Crippen molar-refractivity contribution >= 4 is 21.6 Å². The molecule has 1 heterocycles. The van der Waals surface area contributed by atoms with Gasteiger partial charge in [0.25, 0.3) is 0 Å². The van der Waals surface area contributed by atoms with Crippen LogP contribution in [0, 0.1) is 5.82 Å². The summed E-state index contributed by atoms with van der Waals surface area (Å²) in [6, 6.07) is 4.99. The number of benzene rings is 1. The van der Waals surface area contributed by atoms with E-state index in [1.807, 2.05) is 6.07 Å². The van der Waals surface area contributed by atoms with Crippen molar-refractivity contribution in [2.75, 3.05) is 25.1 Å². The molecule has 1 aromatic carbocycles. The zero-order valence-electron chi connectivity index (χ0n) is 9.96. The van der Waals surface area contributed by atoms with Gasteiger partial charge in [0.05, 0.1) is 6.10 Å². The van der Waals surface area contributed by atoms with Crippen molar-refractivity contribution in [3.05, 3.63) is 29.6 Å². The van der Waals surface area contributed by atoms with E-state index in [0.717, 1.165) is 37.2 Å². The monoisotopic (exact) mass is 301 g/mol. The number of alkyl halides is 1. The summed E-state index contributed by atoms with van der Waals surface area (Å²) in [4.78, 5) is 2.29. The zero-order valence-corrected chi connectivity index (χ0v) is 11.5. The van der Waals surface area contributed by atoms with Gasteiger partial charge in [0.15, 0.2) is 0 Å². The van der Waals surface area contributed by atoms with Gasteiger partial charge in [-0.1, -0.05) is 15.9 Å². The first-order valence-corrected chi connectivity index (χ1v) is 6.99. The highest BCUT2D eigenvalue weighted by Gasteiger charge is 2.21. The molecule has 0 aliphatic carbocycles. The van der Waals surface area contributed by atoms with E-state index in [1.165, 1.54) is 6.07 Å². The fraction of sp³-hybridized carbons (Fsp3) is 0.538. The van der Waals surface area contributed by atoms with Gasteiger partial charge in [0.2, 0.25) is 0 Å². The molecule has 94 valence electrons. The fourth-order valence-corrected chi connectivity index (χ4v) is 2.77. The smallest absolute Gasteiger partial charge is 0.123 e. The quantitative estimate of drug-likeness (QED) is 0.794. The molecule has 1 unspecified atom stereocenters. The highest BCUT2D eigenvalue weighted by molar-refractivity contribution is 9.08. The lowest BCUT2D eigenvalue weighted by Crippen LogP contribution is -2.39. The fourth-order valence-electron chi connectivity index (χ4n) is 2.32. The Morgan fingerprint density at radius 2 is 2.35 bits per heavy atom. The molecule has 2 rings (SSSR count). The van der Waals surface area contributed by atoms with Gasteiger partial charge in [0, 0.05) is 31.2 Å². The lowest BCUT2D eigenvalue weighted by Gasteiger charge is -2.34. The number of hydrogen-bond donors (Lipinski definition) is 0. The summed E-state index contributed by atoms with van der Waals surface area (Å²) in [5, 5.41) is 0.675. The van der Waals surface area contributed by atoms with Gasteiger partial charge in [-0.2, -0.15) is 0 Å². The number of anilines is 1. The van der Waals surface area contributed by atoms with Gasteiger partial charge in [0.1, 0.15) is 5.82 Å². The second kappa shape index (κ2) is 5.83. The molecule has 17 heavy (non-hydrogen) atoms. The third-order valence-corrected chi connectivity index (χ3v) is 3.84. The summed E-state index contributed by atoms with van der Waals surface area (Å²) in [5.41, 5.74) is 2.12. The Bertz CT molecular complexity index is 386. The third-order valence-electron chi connectivity index (χ3n) is 3.24. The number of ether oxygens (including phenoxy) is 1. The normalized spacial score (nSPS) is 20.6.